The molecule has 3 rings (SSSR count). The summed E-state index contributed by atoms with van der Waals surface area (Å²) in [6.07, 6.45) is -27.4. The van der Waals surface area contributed by atoms with Crippen molar-refractivity contribution in [3.63, 3.8) is 0 Å². The van der Waals surface area contributed by atoms with Crippen molar-refractivity contribution < 1.29 is 70.2 Å². The van der Waals surface area contributed by atoms with E-state index in [-0.39, 0.29) is 42.5 Å². The third-order valence-electron chi connectivity index (χ3n) is 5.53. The molecule has 3 aromatic rings. The Bertz CT molecular complexity index is 1250. The van der Waals surface area contributed by atoms with E-state index in [9.17, 15) is 70.2 Å². The zero-order chi connectivity index (χ0) is 30.6. The van der Waals surface area contributed by atoms with Gasteiger partial charge in [-0.15, -0.1) is 0 Å². The van der Waals surface area contributed by atoms with Crippen molar-refractivity contribution in [1.82, 2.24) is 0 Å². The number of alkyl halides is 15. The monoisotopic (exact) mass is 600 g/mol. The van der Waals surface area contributed by atoms with Gasteiger partial charge in [-0.2, -0.15) is 65.9 Å². The molecule has 0 atom stereocenters. The van der Waals surface area contributed by atoms with Crippen LogP contribution in [0.5, 0.6) is 0 Å². The molecule has 0 amide bonds. The number of hydrogen-bond donors (Lipinski definition) is 0. The molecule has 0 aliphatic rings. The summed E-state index contributed by atoms with van der Waals surface area (Å²) in [7, 11) is 0. The molecular weight excluding hydrogens is 591 g/mol. The lowest BCUT2D eigenvalue weighted by atomic mass is 9.36. The highest BCUT2D eigenvalue weighted by Gasteiger charge is 2.42. The first-order valence-corrected chi connectivity index (χ1v) is 10.3. The van der Waals surface area contributed by atoms with Crippen LogP contribution in [0.3, 0.4) is 0 Å². The van der Waals surface area contributed by atoms with E-state index in [0.29, 0.717) is 0 Å². The summed E-state index contributed by atoms with van der Waals surface area (Å²) < 4.78 is 215. The molecule has 0 radical (unpaired) electrons. The summed E-state index contributed by atoms with van der Waals surface area (Å²) in [5.41, 5.74) is -13.8. The highest BCUT2D eigenvalue weighted by atomic mass is 19.4. The summed E-state index contributed by atoms with van der Waals surface area (Å²) in [5, 5.41) is 0. The lowest BCUT2D eigenvalue weighted by molar-refractivity contribution is -0.144. The zero-order valence-electron chi connectivity index (χ0n) is 18.8. The molecule has 0 nitrogen and oxygen atoms in total. The van der Waals surface area contributed by atoms with Gasteiger partial charge in [-0.1, -0.05) is 47.3 Å². The summed E-state index contributed by atoms with van der Waals surface area (Å²) >= 11 is 0. The number of halogens is 16. The van der Waals surface area contributed by atoms with Crippen molar-refractivity contribution in [2.24, 2.45) is 0 Å². The molecule has 0 saturated carbocycles. The van der Waals surface area contributed by atoms with Gasteiger partial charge in [0.1, 0.15) is 5.82 Å². The van der Waals surface area contributed by atoms with Gasteiger partial charge in [-0.3, -0.25) is 0 Å². The van der Waals surface area contributed by atoms with E-state index in [2.05, 4.69) is 0 Å². The second-order valence-corrected chi connectivity index (χ2v) is 8.35. The maximum Gasteiger partial charge on any atom is 0.416 e. The minimum atomic E-state index is -5.54. The van der Waals surface area contributed by atoms with Gasteiger partial charge in [0.05, 0.1) is 27.8 Å². The maximum atomic E-state index is 15.0. The highest BCUT2D eigenvalue weighted by Crippen LogP contribution is 2.37. The molecule has 0 spiro atoms. The molecular formula is C23H9BF16. The molecule has 0 saturated heterocycles. The second kappa shape index (κ2) is 9.91. The minimum absolute atomic E-state index is 0.0788. The quantitative estimate of drug-likeness (QED) is 0.217. The number of hydrogen-bond acceptors (Lipinski definition) is 0. The molecule has 0 aliphatic carbocycles. The van der Waals surface area contributed by atoms with Crippen molar-refractivity contribution in [2.75, 3.05) is 0 Å². The van der Waals surface area contributed by atoms with Gasteiger partial charge in [0.25, 0.3) is 0 Å². The number of rotatable bonds is 3. The standard InChI is InChI=1S/C23H9BF16/c25-18-9-10(19(26,27)28)1-2-17(18)24(15-5-11(20(29,30)31)3-12(6-15)21(32,33)34)16-7-13(22(35,36)37)4-14(8-16)23(38,39)40/h1-9H. The van der Waals surface area contributed by atoms with E-state index in [1.54, 1.807) is 0 Å². The average Bonchev–Trinajstić information content (AvgIpc) is 2.77. The fourth-order valence-electron chi connectivity index (χ4n) is 3.78. The summed E-state index contributed by atoms with van der Waals surface area (Å²) in [6.45, 7) is -2.59. The van der Waals surface area contributed by atoms with E-state index in [1.165, 1.54) is 0 Å². The van der Waals surface area contributed by atoms with Gasteiger partial charge in [-0.25, -0.2) is 4.39 Å². The fourth-order valence-corrected chi connectivity index (χ4v) is 3.78. The highest BCUT2D eigenvalue weighted by molar-refractivity contribution is 6.95. The molecule has 0 fully saturated rings. The predicted octanol–water partition coefficient (Wildman–Crippen LogP) is 7.44. The third kappa shape index (κ3) is 6.84. The topological polar surface area (TPSA) is 0 Å². The van der Waals surface area contributed by atoms with Crippen LogP contribution < -0.4 is 16.4 Å². The molecule has 0 N–H and O–H groups in total. The normalized spacial score (nSPS) is 13.5. The van der Waals surface area contributed by atoms with Crippen molar-refractivity contribution >= 4 is 23.1 Å². The predicted molar refractivity (Wildman–Crippen MR) is 109 cm³/mol. The van der Waals surface area contributed by atoms with Gasteiger partial charge in [0.2, 0.25) is 6.71 Å². The van der Waals surface area contributed by atoms with Crippen LogP contribution in [-0.2, 0) is 30.9 Å². The van der Waals surface area contributed by atoms with Crippen molar-refractivity contribution in [3.8, 4) is 0 Å². The smallest absolute Gasteiger partial charge is 0.208 e. The third-order valence-corrected chi connectivity index (χ3v) is 5.53. The van der Waals surface area contributed by atoms with E-state index >= 15 is 0 Å². The van der Waals surface area contributed by atoms with Crippen LogP contribution in [0, 0.1) is 5.82 Å². The van der Waals surface area contributed by atoms with Crippen LogP contribution in [0.4, 0.5) is 70.2 Å². The molecule has 0 unspecified atom stereocenters. The Kier molecular flexibility index (Phi) is 7.71. The molecule has 216 valence electrons. The molecule has 0 bridgehead atoms. The first-order chi connectivity index (χ1) is 17.9. The van der Waals surface area contributed by atoms with E-state index in [4.69, 9.17) is 0 Å². The van der Waals surface area contributed by atoms with Crippen molar-refractivity contribution in [3.05, 3.63) is 88.2 Å². The van der Waals surface area contributed by atoms with Crippen LogP contribution >= 0.6 is 0 Å². The van der Waals surface area contributed by atoms with E-state index in [0.717, 1.165) is 0 Å². The molecule has 0 aromatic heterocycles. The largest absolute Gasteiger partial charge is 0.416 e. The Morgan fingerprint density at radius 1 is 0.375 bits per heavy atom. The minimum Gasteiger partial charge on any atom is -0.208 e. The average molecular weight is 600 g/mol. The second-order valence-electron chi connectivity index (χ2n) is 8.35. The van der Waals surface area contributed by atoms with Crippen molar-refractivity contribution in [2.45, 2.75) is 30.9 Å². The Morgan fingerprint density at radius 3 is 0.925 bits per heavy atom. The SMILES string of the molecule is Fc1cc(C(F)(F)F)ccc1B(c1cc(C(F)(F)F)cc(C(F)(F)F)c1)c1cc(C(F)(F)F)cc(C(F)(F)F)c1. The van der Waals surface area contributed by atoms with Crippen LogP contribution in [0.2, 0.25) is 0 Å². The maximum absolute atomic E-state index is 15.0. The lowest BCUT2D eigenvalue weighted by Crippen LogP contribution is -2.54. The first-order valence-electron chi connectivity index (χ1n) is 10.3. The van der Waals surface area contributed by atoms with E-state index < -0.39 is 99.7 Å². The Labute approximate surface area is 213 Å². The first kappa shape index (κ1) is 31.1. The number of benzene rings is 3. The summed E-state index contributed by atoms with van der Waals surface area (Å²) in [5.74, 6) is -1.98. The van der Waals surface area contributed by atoms with Crippen LogP contribution in [0.15, 0.2) is 54.6 Å². The zero-order valence-corrected chi connectivity index (χ0v) is 18.8. The molecule has 40 heavy (non-hydrogen) atoms. The van der Waals surface area contributed by atoms with Crippen LogP contribution in [0.25, 0.3) is 0 Å². The van der Waals surface area contributed by atoms with Gasteiger partial charge >= 0.3 is 30.9 Å². The van der Waals surface area contributed by atoms with Gasteiger partial charge in [0.15, 0.2) is 0 Å². The van der Waals surface area contributed by atoms with Gasteiger partial charge in [0, 0.05) is 0 Å². The van der Waals surface area contributed by atoms with E-state index in [1.807, 2.05) is 0 Å². The van der Waals surface area contributed by atoms with Gasteiger partial charge in [-0.05, 0) is 23.7 Å². The molecule has 0 aliphatic heterocycles. The Morgan fingerprint density at radius 2 is 0.675 bits per heavy atom. The van der Waals surface area contributed by atoms with Crippen LogP contribution in [0.1, 0.15) is 27.8 Å². The summed E-state index contributed by atoms with van der Waals surface area (Å²) in [6, 6.07) is -1.07. The van der Waals surface area contributed by atoms with Crippen molar-refractivity contribution in [1.29, 1.82) is 0 Å². The molecule has 0 heterocycles. The van der Waals surface area contributed by atoms with Gasteiger partial charge < -0.3 is 0 Å². The Balaban J connectivity index is 2.49. The molecule has 3 aromatic carbocycles. The fraction of sp³-hybridized carbons (Fsp3) is 0.217. The molecule has 17 heteroatoms. The Hall–Kier alpha value is -3.40. The van der Waals surface area contributed by atoms with Crippen LogP contribution in [-0.4, -0.2) is 6.71 Å². The lowest BCUT2D eigenvalue weighted by Gasteiger charge is -2.22. The summed E-state index contributed by atoms with van der Waals surface area (Å²) in [4.78, 5) is 0.